The molecule has 4 aromatic carbocycles. The predicted molar refractivity (Wildman–Crippen MR) is 142 cm³/mol. The Morgan fingerprint density at radius 2 is 1.62 bits per heavy atom. The fourth-order valence-electron chi connectivity index (χ4n) is 3.77. The number of carbonyl (C=O) groups is 1. The molecule has 0 atom stereocenters. The van der Waals surface area contributed by atoms with Crippen LogP contribution in [0.2, 0.25) is 0 Å². The minimum atomic E-state index is -3.68. The highest BCUT2D eigenvalue weighted by atomic mass is 32.2. The number of hydrogen-bond donors (Lipinski definition) is 1. The predicted octanol–water partition coefficient (Wildman–Crippen LogP) is 5.85. The highest BCUT2D eigenvalue weighted by Crippen LogP contribution is 2.29. The Labute approximate surface area is 204 Å². The number of nitrogens with zero attached hydrogens (tertiary/aromatic N) is 1. The number of anilines is 2. The van der Waals surface area contributed by atoms with Gasteiger partial charge in [-0.15, -0.1) is 11.8 Å². The van der Waals surface area contributed by atoms with Gasteiger partial charge in [-0.3, -0.25) is 9.10 Å². The molecular formula is C27H26N2O3S2. The van der Waals surface area contributed by atoms with E-state index < -0.39 is 15.9 Å². The maximum atomic E-state index is 12.9. The van der Waals surface area contributed by atoms with Gasteiger partial charge in [0.05, 0.1) is 11.9 Å². The Hall–Kier alpha value is -3.29. The van der Waals surface area contributed by atoms with Gasteiger partial charge in [0.2, 0.25) is 15.9 Å². The van der Waals surface area contributed by atoms with E-state index in [-0.39, 0.29) is 6.54 Å². The molecule has 0 spiro atoms. The van der Waals surface area contributed by atoms with E-state index in [9.17, 15) is 13.2 Å². The van der Waals surface area contributed by atoms with E-state index in [0.717, 1.165) is 38.2 Å². The monoisotopic (exact) mass is 490 g/mol. The zero-order chi connectivity index (χ0) is 24.1. The molecule has 0 saturated carbocycles. The highest BCUT2D eigenvalue weighted by Gasteiger charge is 2.23. The Morgan fingerprint density at radius 1 is 0.912 bits per heavy atom. The molecule has 174 valence electrons. The molecule has 0 radical (unpaired) electrons. The number of benzene rings is 4. The Kier molecular flexibility index (Phi) is 7.24. The average Bonchev–Trinajstić information content (AvgIpc) is 2.82. The molecule has 7 heteroatoms. The average molecular weight is 491 g/mol. The maximum absolute atomic E-state index is 12.9. The molecule has 4 rings (SSSR count). The number of rotatable bonds is 8. The van der Waals surface area contributed by atoms with Crippen molar-refractivity contribution in [3.63, 3.8) is 0 Å². The van der Waals surface area contributed by atoms with Crippen LogP contribution in [0.15, 0.2) is 95.9 Å². The van der Waals surface area contributed by atoms with Crippen molar-refractivity contribution in [1.82, 2.24) is 0 Å². The second-order valence-corrected chi connectivity index (χ2v) is 11.0. The molecule has 0 aliphatic heterocycles. The molecule has 4 aromatic rings. The van der Waals surface area contributed by atoms with Crippen molar-refractivity contribution in [3.05, 3.63) is 102 Å². The van der Waals surface area contributed by atoms with Crippen LogP contribution in [-0.4, -0.2) is 27.1 Å². The summed E-state index contributed by atoms with van der Waals surface area (Å²) in [4.78, 5) is 14.1. The second-order valence-electron chi connectivity index (χ2n) is 8.07. The van der Waals surface area contributed by atoms with Crippen molar-refractivity contribution in [2.24, 2.45) is 0 Å². The van der Waals surface area contributed by atoms with E-state index in [1.54, 1.807) is 23.9 Å². The zero-order valence-corrected chi connectivity index (χ0v) is 20.7. The molecule has 34 heavy (non-hydrogen) atoms. The molecule has 0 bridgehead atoms. The van der Waals surface area contributed by atoms with E-state index >= 15 is 0 Å². The molecule has 1 amide bonds. The lowest BCUT2D eigenvalue weighted by Crippen LogP contribution is -2.37. The third-order valence-corrected chi connectivity index (χ3v) is 7.65. The minimum absolute atomic E-state index is 0.308. The fourth-order valence-corrected chi connectivity index (χ4v) is 5.50. The van der Waals surface area contributed by atoms with Gasteiger partial charge in [-0.2, -0.15) is 0 Å². The zero-order valence-electron chi connectivity index (χ0n) is 19.1. The molecule has 0 aliphatic carbocycles. The lowest BCUT2D eigenvalue weighted by molar-refractivity contribution is -0.114. The Bertz CT molecular complexity index is 1420. The third-order valence-electron chi connectivity index (χ3n) is 5.44. The van der Waals surface area contributed by atoms with Crippen molar-refractivity contribution >= 4 is 49.8 Å². The normalized spacial score (nSPS) is 11.4. The number of carbonyl (C=O) groups excluding carboxylic acids is 1. The van der Waals surface area contributed by atoms with Gasteiger partial charge in [-0.25, -0.2) is 8.42 Å². The summed E-state index contributed by atoms with van der Waals surface area (Å²) in [6.07, 6.45) is 1.12. The minimum Gasteiger partial charge on any atom is -0.324 e. The van der Waals surface area contributed by atoms with E-state index in [1.807, 2.05) is 73.7 Å². The first-order chi connectivity index (χ1) is 16.3. The number of nitrogens with one attached hydrogen (secondary N) is 1. The van der Waals surface area contributed by atoms with Gasteiger partial charge in [0.1, 0.15) is 6.54 Å². The summed E-state index contributed by atoms with van der Waals surface area (Å²) in [5.74, 6) is 0.426. The quantitative estimate of drug-likeness (QED) is 0.315. The summed E-state index contributed by atoms with van der Waals surface area (Å²) in [6, 6.07) is 29.1. The molecule has 5 nitrogen and oxygen atoms in total. The first kappa shape index (κ1) is 23.9. The molecule has 0 aromatic heterocycles. The van der Waals surface area contributed by atoms with E-state index in [2.05, 4.69) is 17.4 Å². The summed E-state index contributed by atoms with van der Waals surface area (Å²) < 4.78 is 26.4. The van der Waals surface area contributed by atoms with E-state index in [4.69, 9.17) is 0 Å². The standard InChI is InChI=1S/C27H26N2O3S2/c1-20-17-21(19-33-23-11-4-3-5-12-23)15-16-25(20)28-27(30)18-29(34(2,31)32)26-14-8-10-22-9-6-7-13-24(22)26/h3-17H,18-19H2,1-2H3,(H,28,30). The van der Waals surface area contributed by atoms with Crippen molar-refractivity contribution < 1.29 is 13.2 Å². The fraction of sp³-hybridized carbons (Fsp3) is 0.148. The van der Waals surface area contributed by atoms with Gasteiger partial charge >= 0.3 is 0 Å². The van der Waals surface area contributed by atoms with Crippen LogP contribution < -0.4 is 9.62 Å². The highest BCUT2D eigenvalue weighted by molar-refractivity contribution is 7.98. The van der Waals surface area contributed by atoms with Crippen molar-refractivity contribution in [1.29, 1.82) is 0 Å². The molecule has 0 heterocycles. The van der Waals surface area contributed by atoms with Crippen molar-refractivity contribution in [2.75, 3.05) is 22.4 Å². The number of thioether (sulfide) groups is 1. The van der Waals surface area contributed by atoms with Crippen LogP contribution >= 0.6 is 11.8 Å². The first-order valence-electron chi connectivity index (χ1n) is 10.8. The Morgan fingerprint density at radius 3 is 2.35 bits per heavy atom. The van der Waals surface area contributed by atoms with Gasteiger partial charge in [0, 0.05) is 21.7 Å². The number of sulfonamides is 1. The topological polar surface area (TPSA) is 66.5 Å². The molecule has 0 unspecified atom stereocenters. The smallest absolute Gasteiger partial charge is 0.245 e. The molecule has 1 N–H and O–H groups in total. The summed E-state index contributed by atoms with van der Waals surface area (Å²) in [5.41, 5.74) is 3.24. The second kappa shape index (κ2) is 10.3. The molecule has 0 fully saturated rings. The van der Waals surface area contributed by atoms with Crippen molar-refractivity contribution in [2.45, 2.75) is 17.6 Å². The van der Waals surface area contributed by atoms with Gasteiger partial charge in [-0.1, -0.05) is 66.7 Å². The van der Waals surface area contributed by atoms with Gasteiger partial charge in [0.25, 0.3) is 0 Å². The maximum Gasteiger partial charge on any atom is 0.245 e. The number of hydrogen-bond acceptors (Lipinski definition) is 4. The van der Waals surface area contributed by atoms with Crippen LogP contribution in [0.4, 0.5) is 11.4 Å². The van der Waals surface area contributed by atoms with Gasteiger partial charge in [-0.05, 0) is 47.7 Å². The first-order valence-corrected chi connectivity index (χ1v) is 13.7. The van der Waals surface area contributed by atoms with Crippen LogP contribution in [-0.2, 0) is 20.6 Å². The van der Waals surface area contributed by atoms with Crippen LogP contribution in [0.25, 0.3) is 10.8 Å². The molecular weight excluding hydrogens is 464 g/mol. The third kappa shape index (κ3) is 5.79. The number of aryl methyl sites for hydroxylation is 1. The number of fused-ring (bicyclic) bond motifs is 1. The Balaban J connectivity index is 1.49. The van der Waals surface area contributed by atoms with Crippen LogP contribution in [0.1, 0.15) is 11.1 Å². The molecule has 0 saturated heterocycles. The van der Waals surface area contributed by atoms with E-state index in [0.29, 0.717) is 11.4 Å². The molecule has 0 aliphatic rings. The van der Waals surface area contributed by atoms with Gasteiger partial charge < -0.3 is 5.32 Å². The summed E-state index contributed by atoms with van der Waals surface area (Å²) in [6.45, 7) is 1.63. The van der Waals surface area contributed by atoms with Crippen LogP contribution in [0.5, 0.6) is 0 Å². The summed E-state index contributed by atoms with van der Waals surface area (Å²) >= 11 is 1.75. The van der Waals surface area contributed by atoms with Crippen molar-refractivity contribution in [3.8, 4) is 0 Å². The lowest BCUT2D eigenvalue weighted by atomic mass is 10.1. The lowest BCUT2D eigenvalue weighted by Gasteiger charge is -2.23. The summed E-state index contributed by atoms with van der Waals surface area (Å²) in [5, 5.41) is 4.57. The number of amides is 1. The largest absolute Gasteiger partial charge is 0.324 e. The summed E-state index contributed by atoms with van der Waals surface area (Å²) in [7, 11) is -3.68. The van der Waals surface area contributed by atoms with Crippen LogP contribution in [0, 0.1) is 6.92 Å². The van der Waals surface area contributed by atoms with Crippen LogP contribution in [0.3, 0.4) is 0 Å². The SMILES string of the molecule is Cc1cc(CSc2ccccc2)ccc1NC(=O)CN(c1cccc2ccccc12)S(C)(=O)=O. The van der Waals surface area contributed by atoms with E-state index in [1.165, 1.54) is 4.90 Å². The van der Waals surface area contributed by atoms with Gasteiger partial charge in [0.15, 0.2) is 0 Å².